The molecule has 2 heteroatoms. The first-order valence-corrected chi connectivity index (χ1v) is 5.02. The van der Waals surface area contributed by atoms with Crippen LogP contribution in [0.3, 0.4) is 0 Å². The van der Waals surface area contributed by atoms with Crippen LogP contribution in [0.1, 0.15) is 24.7 Å². The van der Waals surface area contributed by atoms with Gasteiger partial charge < -0.3 is 5.32 Å². The Kier molecular flexibility index (Phi) is 4.33. The Morgan fingerprint density at radius 1 is 1.50 bits per heavy atom. The van der Waals surface area contributed by atoms with Crippen molar-refractivity contribution in [2.75, 3.05) is 6.54 Å². The summed E-state index contributed by atoms with van der Waals surface area (Å²) in [5.41, 5.74) is 3.39. The first-order valence-electron chi connectivity index (χ1n) is 5.02. The monoisotopic (exact) mass is 190 g/mol. The lowest BCUT2D eigenvalue weighted by Gasteiger charge is -2.05. The van der Waals surface area contributed by atoms with E-state index in [0.29, 0.717) is 0 Å². The van der Waals surface area contributed by atoms with Gasteiger partial charge in [0, 0.05) is 18.8 Å². The molecule has 1 heterocycles. The molecule has 1 aromatic rings. The van der Waals surface area contributed by atoms with Crippen LogP contribution in [0.5, 0.6) is 0 Å². The van der Waals surface area contributed by atoms with Crippen molar-refractivity contribution in [3.05, 3.63) is 41.7 Å². The summed E-state index contributed by atoms with van der Waals surface area (Å²) in [6.07, 6.45) is 1.04. The van der Waals surface area contributed by atoms with Gasteiger partial charge in [-0.15, -0.1) is 0 Å². The third-order valence-corrected chi connectivity index (χ3v) is 2.13. The van der Waals surface area contributed by atoms with Crippen LogP contribution in [0.2, 0.25) is 0 Å². The Balaban J connectivity index is 2.35. The smallest absolute Gasteiger partial charge is 0.0544 e. The Morgan fingerprint density at radius 3 is 2.93 bits per heavy atom. The van der Waals surface area contributed by atoms with Crippen molar-refractivity contribution in [1.82, 2.24) is 10.3 Å². The van der Waals surface area contributed by atoms with Gasteiger partial charge in [0.1, 0.15) is 0 Å². The summed E-state index contributed by atoms with van der Waals surface area (Å²) in [7, 11) is 0. The van der Waals surface area contributed by atoms with Crippen LogP contribution in [0.15, 0.2) is 30.4 Å². The molecule has 0 aliphatic heterocycles. The van der Waals surface area contributed by atoms with Crippen molar-refractivity contribution in [1.29, 1.82) is 0 Å². The Morgan fingerprint density at radius 2 is 2.29 bits per heavy atom. The second kappa shape index (κ2) is 5.55. The third kappa shape index (κ3) is 3.71. The van der Waals surface area contributed by atoms with Crippen LogP contribution in [0.4, 0.5) is 0 Å². The molecule has 2 nitrogen and oxygen atoms in total. The van der Waals surface area contributed by atoms with Gasteiger partial charge in [-0.3, -0.25) is 4.98 Å². The molecule has 0 saturated heterocycles. The molecule has 0 fully saturated rings. The number of pyridine rings is 1. The molecule has 0 radical (unpaired) electrons. The van der Waals surface area contributed by atoms with E-state index < -0.39 is 0 Å². The number of nitrogens with zero attached hydrogens (tertiary/aromatic N) is 1. The standard InChI is InChI=1S/C12H18N2/c1-4-10(2)8-13-9-12-7-5-6-11(3)14-12/h5-7,13H,2,4,8-9H2,1,3H3. The van der Waals surface area contributed by atoms with Gasteiger partial charge in [-0.2, -0.15) is 0 Å². The molecular formula is C12H18N2. The van der Waals surface area contributed by atoms with E-state index in [1.165, 1.54) is 5.57 Å². The minimum absolute atomic E-state index is 0.820. The van der Waals surface area contributed by atoms with Crippen LogP contribution < -0.4 is 5.32 Å². The summed E-state index contributed by atoms with van der Waals surface area (Å²) in [6.45, 7) is 9.77. The highest BCUT2D eigenvalue weighted by Crippen LogP contribution is 1.98. The van der Waals surface area contributed by atoms with Gasteiger partial charge in [-0.05, 0) is 25.5 Å². The van der Waals surface area contributed by atoms with Gasteiger partial charge in [-0.1, -0.05) is 25.1 Å². The predicted octanol–water partition coefficient (Wildman–Crippen LogP) is 2.45. The molecule has 0 atom stereocenters. The van der Waals surface area contributed by atoms with E-state index in [0.717, 1.165) is 30.9 Å². The Bertz CT molecular complexity index is 305. The van der Waals surface area contributed by atoms with Crippen molar-refractivity contribution in [2.24, 2.45) is 0 Å². The largest absolute Gasteiger partial charge is 0.307 e. The molecule has 1 aromatic heterocycles. The minimum Gasteiger partial charge on any atom is -0.307 e. The quantitative estimate of drug-likeness (QED) is 0.721. The van der Waals surface area contributed by atoms with Crippen LogP contribution in [0, 0.1) is 6.92 Å². The van der Waals surface area contributed by atoms with Crippen molar-refractivity contribution in [2.45, 2.75) is 26.8 Å². The molecule has 14 heavy (non-hydrogen) atoms. The minimum atomic E-state index is 0.820. The fraction of sp³-hybridized carbons (Fsp3) is 0.417. The lowest BCUT2D eigenvalue weighted by molar-refractivity contribution is 0.710. The number of aryl methyl sites for hydroxylation is 1. The predicted molar refractivity (Wildman–Crippen MR) is 60.1 cm³/mol. The molecule has 0 aliphatic rings. The van der Waals surface area contributed by atoms with Crippen molar-refractivity contribution in [3.63, 3.8) is 0 Å². The molecule has 0 unspecified atom stereocenters. The number of hydrogen-bond acceptors (Lipinski definition) is 2. The van der Waals surface area contributed by atoms with Gasteiger partial charge in [0.15, 0.2) is 0 Å². The summed E-state index contributed by atoms with van der Waals surface area (Å²) in [4.78, 5) is 4.40. The molecule has 1 N–H and O–H groups in total. The fourth-order valence-electron chi connectivity index (χ4n) is 1.19. The van der Waals surface area contributed by atoms with Crippen LogP contribution in [-0.2, 0) is 6.54 Å². The van der Waals surface area contributed by atoms with Crippen molar-refractivity contribution in [3.8, 4) is 0 Å². The second-order valence-electron chi connectivity index (χ2n) is 3.48. The number of nitrogens with one attached hydrogen (secondary N) is 1. The van der Waals surface area contributed by atoms with E-state index in [-0.39, 0.29) is 0 Å². The van der Waals surface area contributed by atoms with E-state index >= 15 is 0 Å². The molecule has 0 bridgehead atoms. The zero-order valence-electron chi connectivity index (χ0n) is 9.01. The maximum absolute atomic E-state index is 4.40. The SMILES string of the molecule is C=C(CC)CNCc1cccc(C)n1. The maximum Gasteiger partial charge on any atom is 0.0544 e. The highest BCUT2D eigenvalue weighted by Gasteiger charge is 1.94. The molecule has 0 aromatic carbocycles. The molecule has 0 amide bonds. The average molecular weight is 190 g/mol. The van der Waals surface area contributed by atoms with Gasteiger partial charge in [0.25, 0.3) is 0 Å². The second-order valence-corrected chi connectivity index (χ2v) is 3.48. The van der Waals surface area contributed by atoms with Crippen LogP contribution in [0.25, 0.3) is 0 Å². The number of rotatable bonds is 5. The zero-order valence-corrected chi connectivity index (χ0v) is 9.01. The number of aromatic nitrogens is 1. The lowest BCUT2D eigenvalue weighted by atomic mass is 10.2. The topological polar surface area (TPSA) is 24.9 Å². The van der Waals surface area contributed by atoms with E-state index in [2.05, 4.69) is 23.8 Å². The fourth-order valence-corrected chi connectivity index (χ4v) is 1.19. The highest BCUT2D eigenvalue weighted by atomic mass is 14.9. The first-order chi connectivity index (χ1) is 6.72. The third-order valence-electron chi connectivity index (χ3n) is 2.13. The van der Waals surface area contributed by atoms with E-state index in [1.807, 2.05) is 25.1 Å². The summed E-state index contributed by atoms with van der Waals surface area (Å²) >= 11 is 0. The van der Waals surface area contributed by atoms with Crippen molar-refractivity contribution >= 4 is 0 Å². The first kappa shape index (κ1) is 10.9. The normalized spacial score (nSPS) is 10.1. The van der Waals surface area contributed by atoms with E-state index in [4.69, 9.17) is 0 Å². The van der Waals surface area contributed by atoms with E-state index in [1.54, 1.807) is 0 Å². The molecule has 0 aliphatic carbocycles. The summed E-state index contributed by atoms with van der Waals surface area (Å²) < 4.78 is 0. The van der Waals surface area contributed by atoms with Crippen molar-refractivity contribution < 1.29 is 0 Å². The van der Waals surface area contributed by atoms with Crippen LogP contribution in [-0.4, -0.2) is 11.5 Å². The maximum atomic E-state index is 4.40. The lowest BCUT2D eigenvalue weighted by Crippen LogP contribution is -2.16. The molecule has 0 saturated carbocycles. The van der Waals surface area contributed by atoms with E-state index in [9.17, 15) is 0 Å². The molecular weight excluding hydrogens is 172 g/mol. The summed E-state index contributed by atoms with van der Waals surface area (Å²) in [5.74, 6) is 0. The van der Waals surface area contributed by atoms with Gasteiger partial charge >= 0.3 is 0 Å². The molecule has 0 spiro atoms. The highest BCUT2D eigenvalue weighted by molar-refractivity contribution is 5.10. The average Bonchev–Trinajstić information content (AvgIpc) is 2.17. The Hall–Kier alpha value is -1.15. The zero-order chi connectivity index (χ0) is 10.4. The molecule has 1 rings (SSSR count). The summed E-state index contributed by atoms with van der Waals surface area (Å²) in [5, 5.41) is 3.32. The Labute approximate surface area is 86.1 Å². The van der Waals surface area contributed by atoms with Gasteiger partial charge in [0.05, 0.1) is 5.69 Å². The van der Waals surface area contributed by atoms with Gasteiger partial charge in [-0.25, -0.2) is 0 Å². The summed E-state index contributed by atoms with van der Waals surface area (Å²) in [6, 6.07) is 6.08. The molecule has 76 valence electrons. The number of hydrogen-bond donors (Lipinski definition) is 1. The van der Waals surface area contributed by atoms with Crippen LogP contribution >= 0.6 is 0 Å². The van der Waals surface area contributed by atoms with Gasteiger partial charge in [0.2, 0.25) is 0 Å².